The Balaban J connectivity index is 1.25. The van der Waals surface area contributed by atoms with Crippen LogP contribution in [0.1, 0.15) is 65.6 Å². The number of hydrogen-bond donors (Lipinski definition) is 3. The van der Waals surface area contributed by atoms with Crippen LogP contribution in [-0.2, 0) is 11.8 Å². The van der Waals surface area contributed by atoms with Crippen LogP contribution in [0, 0.1) is 0 Å². The van der Waals surface area contributed by atoms with Gasteiger partial charge in [-0.05, 0) is 55.7 Å². The first-order chi connectivity index (χ1) is 18.3. The molecule has 1 atom stereocenters. The standard InChI is InChI=1S/C30H34N6O2/c1-20(33-28(37)21-7-5-4-6-8-21)17-25-18-26(27-31-15-16-36(27)35-25)32-19-30(2,3)23-11-9-22(10-12-23)29(38)34-24-13-14-24/h4-12,15-16,18,20,24,32H,13-14,17,19H2,1-3H3,(H,33,37)(H,34,38). The third-order valence-electron chi connectivity index (χ3n) is 6.90. The van der Waals surface area contributed by atoms with Gasteiger partial charge in [0.05, 0.1) is 11.4 Å². The van der Waals surface area contributed by atoms with E-state index in [0.29, 0.717) is 30.1 Å². The molecule has 2 heterocycles. The van der Waals surface area contributed by atoms with Crippen molar-refractivity contribution in [3.8, 4) is 0 Å². The predicted molar refractivity (Wildman–Crippen MR) is 149 cm³/mol. The molecule has 2 aromatic carbocycles. The summed E-state index contributed by atoms with van der Waals surface area (Å²) in [5.41, 5.74) is 4.75. The van der Waals surface area contributed by atoms with Gasteiger partial charge in [0.15, 0.2) is 5.65 Å². The third-order valence-corrected chi connectivity index (χ3v) is 6.90. The lowest BCUT2D eigenvalue weighted by atomic mass is 9.84. The highest BCUT2D eigenvalue weighted by atomic mass is 16.2. The first kappa shape index (κ1) is 25.4. The maximum Gasteiger partial charge on any atom is 0.251 e. The van der Waals surface area contributed by atoms with Crippen molar-refractivity contribution in [3.63, 3.8) is 0 Å². The van der Waals surface area contributed by atoms with Crippen molar-refractivity contribution < 1.29 is 9.59 Å². The number of anilines is 1. The molecule has 196 valence electrons. The molecular weight excluding hydrogens is 476 g/mol. The molecule has 1 aliphatic rings. The van der Waals surface area contributed by atoms with E-state index in [1.807, 2.05) is 61.7 Å². The molecule has 2 amide bonds. The Kier molecular flexibility index (Phi) is 7.13. The quantitative estimate of drug-likeness (QED) is 0.294. The first-order valence-corrected chi connectivity index (χ1v) is 13.1. The van der Waals surface area contributed by atoms with Crippen LogP contribution in [0.15, 0.2) is 73.1 Å². The van der Waals surface area contributed by atoms with E-state index in [4.69, 9.17) is 5.10 Å². The molecule has 0 spiro atoms. The second kappa shape index (κ2) is 10.7. The maximum absolute atomic E-state index is 12.6. The van der Waals surface area contributed by atoms with Gasteiger partial charge in [0, 0.05) is 54.0 Å². The average Bonchev–Trinajstić information content (AvgIpc) is 3.60. The van der Waals surface area contributed by atoms with E-state index in [0.717, 1.165) is 35.4 Å². The van der Waals surface area contributed by atoms with Crippen molar-refractivity contribution >= 4 is 23.1 Å². The fourth-order valence-electron chi connectivity index (χ4n) is 4.45. The summed E-state index contributed by atoms with van der Waals surface area (Å²) in [6, 6.07) is 19.3. The van der Waals surface area contributed by atoms with Gasteiger partial charge in [-0.2, -0.15) is 5.10 Å². The summed E-state index contributed by atoms with van der Waals surface area (Å²) < 4.78 is 1.77. The van der Waals surface area contributed by atoms with Gasteiger partial charge in [0.2, 0.25) is 0 Å². The van der Waals surface area contributed by atoms with Crippen LogP contribution in [0.3, 0.4) is 0 Å². The molecule has 8 heteroatoms. The van der Waals surface area contributed by atoms with Crippen LogP contribution in [0.5, 0.6) is 0 Å². The molecule has 4 aromatic rings. The van der Waals surface area contributed by atoms with Crippen molar-refractivity contribution in [2.24, 2.45) is 0 Å². The van der Waals surface area contributed by atoms with Gasteiger partial charge in [0.1, 0.15) is 0 Å². The molecule has 5 rings (SSSR count). The molecule has 38 heavy (non-hydrogen) atoms. The van der Waals surface area contributed by atoms with Gasteiger partial charge >= 0.3 is 0 Å². The topological polar surface area (TPSA) is 100 Å². The Morgan fingerprint density at radius 2 is 1.74 bits per heavy atom. The Labute approximate surface area is 222 Å². The van der Waals surface area contributed by atoms with E-state index in [2.05, 4.69) is 34.8 Å². The number of fused-ring (bicyclic) bond motifs is 1. The van der Waals surface area contributed by atoms with Gasteiger partial charge in [-0.1, -0.05) is 44.2 Å². The lowest BCUT2D eigenvalue weighted by Gasteiger charge is -2.27. The predicted octanol–water partition coefficient (Wildman–Crippen LogP) is 4.37. The molecule has 0 aliphatic heterocycles. The minimum Gasteiger partial charge on any atom is -0.381 e. The van der Waals surface area contributed by atoms with Gasteiger partial charge in [-0.15, -0.1) is 0 Å². The van der Waals surface area contributed by atoms with Gasteiger partial charge in [0.25, 0.3) is 11.8 Å². The molecule has 2 aromatic heterocycles. The molecule has 0 bridgehead atoms. The summed E-state index contributed by atoms with van der Waals surface area (Å²) in [5, 5.41) is 14.4. The van der Waals surface area contributed by atoms with Gasteiger partial charge in [-0.3, -0.25) is 9.59 Å². The van der Waals surface area contributed by atoms with E-state index >= 15 is 0 Å². The summed E-state index contributed by atoms with van der Waals surface area (Å²) in [6.45, 7) is 6.98. The van der Waals surface area contributed by atoms with Crippen molar-refractivity contribution in [2.75, 3.05) is 11.9 Å². The highest BCUT2D eigenvalue weighted by molar-refractivity contribution is 5.95. The molecule has 0 saturated heterocycles. The largest absolute Gasteiger partial charge is 0.381 e. The number of hydrogen-bond acceptors (Lipinski definition) is 5. The highest BCUT2D eigenvalue weighted by Crippen LogP contribution is 2.26. The Hall–Kier alpha value is -4.20. The number of carbonyl (C=O) groups excluding carboxylic acids is 2. The van der Waals surface area contributed by atoms with E-state index in [1.54, 1.807) is 22.8 Å². The minimum atomic E-state index is -0.199. The van der Waals surface area contributed by atoms with Crippen molar-refractivity contribution in [2.45, 2.75) is 57.5 Å². The Morgan fingerprint density at radius 3 is 2.45 bits per heavy atom. The van der Waals surface area contributed by atoms with Gasteiger partial charge < -0.3 is 16.0 Å². The number of imidazole rings is 1. The normalized spacial score (nSPS) is 14.2. The zero-order valence-electron chi connectivity index (χ0n) is 22.1. The number of carbonyl (C=O) groups is 2. The number of benzene rings is 2. The van der Waals surface area contributed by atoms with Crippen LogP contribution in [0.4, 0.5) is 5.69 Å². The summed E-state index contributed by atoms with van der Waals surface area (Å²) in [6.07, 6.45) is 6.28. The summed E-state index contributed by atoms with van der Waals surface area (Å²) in [5.74, 6) is -0.104. The summed E-state index contributed by atoms with van der Waals surface area (Å²) in [4.78, 5) is 29.4. The molecule has 0 radical (unpaired) electrons. The number of nitrogens with zero attached hydrogens (tertiary/aromatic N) is 3. The zero-order valence-corrected chi connectivity index (χ0v) is 22.1. The Bertz CT molecular complexity index is 1420. The third kappa shape index (κ3) is 6.02. The summed E-state index contributed by atoms with van der Waals surface area (Å²) >= 11 is 0. The second-order valence-electron chi connectivity index (χ2n) is 10.8. The first-order valence-electron chi connectivity index (χ1n) is 13.1. The lowest BCUT2D eigenvalue weighted by molar-refractivity contribution is 0.0935. The Morgan fingerprint density at radius 1 is 1.03 bits per heavy atom. The molecular formula is C30H34N6O2. The van der Waals surface area contributed by atoms with Crippen LogP contribution in [-0.4, -0.2) is 45.0 Å². The van der Waals surface area contributed by atoms with Crippen molar-refractivity contribution in [1.29, 1.82) is 0 Å². The van der Waals surface area contributed by atoms with E-state index in [9.17, 15) is 9.59 Å². The zero-order chi connectivity index (χ0) is 26.7. The molecule has 3 N–H and O–H groups in total. The van der Waals surface area contributed by atoms with Crippen LogP contribution in [0.2, 0.25) is 0 Å². The number of aromatic nitrogens is 3. The molecule has 1 aliphatic carbocycles. The van der Waals surface area contributed by atoms with Crippen molar-refractivity contribution in [3.05, 3.63) is 95.4 Å². The SMILES string of the molecule is CC(Cc1cc(NCC(C)(C)c2ccc(C(=O)NC3CC3)cc2)c2nccn2n1)NC(=O)c1ccccc1. The number of rotatable bonds is 10. The fourth-order valence-corrected chi connectivity index (χ4v) is 4.45. The smallest absolute Gasteiger partial charge is 0.251 e. The average molecular weight is 511 g/mol. The molecule has 1 unspecified atom stereocenters. The maximum atomic E-state index is 12.6. The molecule has 1 saturated carbocycles. The van der Waals surface area contributed by atoms with Crippen LogP contribution in [0.25, 0.3) is 5.65 Å². The second-order valence-corrected chi connectivity index (χ2v) is 10.8. The van der Waals surface area contributed by atoms with E-state index in [-0.39, 0.29) is 23.3 Å². The fraction of sp³-hybridized carbons (Fsp3) is 0.333. The van der Waals surface area contributed by atoms with Gasteiger partial charge in [-0.25, -0.2) is 9.50 Å². The monoisotopic (exact) mass is 510 g/mol. The van der Waals surface area contributed by atoms with E-state index < -0.39 is 0 Å². The number of nitrogens with one attached hydrogen (secondary N) is 3. The minimum absolute atomic E-state index is 0.00446. The van der Waals surface area contributed by atoms with E-state index in [1.165, 1.54) is 0 Å². The lowest BCUT2D eigenvalue weighted by Crippen LogP contribution is -2.34. The molecule has 1 fully saturated rings. The van der Waals surface area contributed by atoms with Crippen LogP contribution >= 0.6 is 0 Å². The van der Waals surface area contributed by atoms with Crippen LogP contribution < -0.4 is 16.0 Å². The van der Waals surface area contributed by atoms with Crippen molar-refractivity contribution in [1.82, 2.24) is 25.2 Å². The number of amides is 2. The molecule has 8 nitrogen and oxygen atoms in total. The summed E-state index contributed by atoms with van der Waals surface area (Å²) in [7, 11) is 0. The highest BCUT2D eigenvalue weighted by Gasteiger charge is 2.25.